The van der Waals surface area contributed by atoms with E-state index in [0.717, 1.165) is 19.3 Å². The van der Waals surface area contributed by atoms with Crippen molar-refractivity contribution in [2.75, 3.05) is 0 Å². The Morgan fingerprint density at radius 2 is 1.95 bits per heavy atom. The van der Waals surface area contributed by atoms with E-state index in [-0.39, 0.29) is 17.9 Å². The van der Waals surface area contributed by atoms with Crippen LogP contribution >= 0.6 is 0 Å². The molecule has 0 saturated heterocycles. The summed E-state index contributed by atoms with van der Waals surface area (Å²) in [5.74, 6) is -0.493. The summed E-state index contributed by atoms with van der Waals surface area (Å²) in [5.41, 5.74) is 5.86. The highest BCUT2D eigenvalue weighted by atomic mass is 16.4. The number of hydrogen-bond donors (Lipinski definition) is 3. The topological polar surface area (TPSA) is 92.4 Å². The summed E-state index contributed by atoms with van der Waals surface area (Å²) in [6.07, 6.45) is 3.57. The van der Waals surface area contributed by atoms with E-state index in [1.165, 1.54) is 0 Å². The summed E-state index contributed by atoms with van der Waals surface area (Å²) in [6, 6.07) is -0.754. The fraction of sp³-hybridized carbons (Fsp3) is 0.857. The van der Waals surface area contributed by atoms with Gasteiger partial charge in [0.1, 0.15) is 0 Å². The molecule has 0 aromatic carbocycles. The SMILES string of the molecule is CC(C)C[C@H](N)C(=O)NC1C2CCC(C2)C1C(=O)O. The molecule has 0 heterocycles. The van der Waals surface area contributed by atoms with E-state index in [9.17, 15) is 14.7 Å². The third-order valence-corrected chi connectivity index (χ3v) is 4.57. The molecule has 2 aliphatic rings. The van der Waals surface area contributed by atoms with E-state index < -0.39 is 17.9 Å². The third kappa shape index (κ3) is 2.91. The van der Waals surface area contributed by atoms with Crippen LogP contribution in [0.15, 0.2) is 0 Å². The van der Waals surface area contributed by atoms with Crippen LogP contribution in [-0.2, 0) is 9.59 Å². The Kier molecular flexibility index (Phi) is 4.13. The molecule has 0 aromatic rings. The van der Waals surface area contributed by atoms with Crippen LogP contribution in [0.25, 0.3) is 0 Å². The first-order chi connectivity index (χ1) is 8.90. The summed E-state index contributed by atoms with van der Waals surface area (Å²) in [6.45, 7) is 4.04. The molecule has 2 saturated carbocycles. The number of hydrogen-bond acceptors (Lipinski definition) is 3. The van der Waals surface area contributed by atoms with E-state index in [4.69, 9.17) is 5.73 Å². The van der Waals surface area contributed by atoms with Gasteiger partial charge in [-0.3, -0.25) is 9.59 Å². The molecule has 2 aliphatic carbocycles. The van der Waals surface area contributed by atoms with Crippen molar-refractivity contribution in [1.29, 1.82) is 0 Å². The standard InChI is InChI=1S/C14H24N2O3/c1-7(2)5-10(15)13(17)16-12-9-4-3-8(6-9)11(12)14(18)19/h7-12H,3-6,15H2,1-2H3,(H,16,17)(H,18,19)/t8?,9?,10-,11?,12?/m0/s1. The molecule has 0 aliphatic heterocycles. The van der Waals surface area contributed by atoms with Crippen molar-refractivity contribution in [3.8, 4) is 0 Å². The van der Waals surface area contributed by atoms with Gasteiger partial charge in [0.25, 0.3) is 0 Å². The van der Waals surface area contributed by atoms with Crippen LogP contribution in [0.1, 0.15) is 39.5 Å². The Labute approximate surface area is 113 Å². The molecular weight excluding hydrogens is 244 g/mol. The van der Waals surface area contributed by atoms with Gasteiger partial charge < -0.3 is 16.2 Å². The van der Waals surface area contributed by atoms with Gasteiger partial charge in [-0.2, -0.15) is 0 Å². The fourth-order valence-corrected chi connectivity index (χ4v) is 3.74. The smallest absolute Gasteiger partial charge is 0.308 e. The average Bonchev–Trinajstić information content (AvgIpc) is 2.87. The molecule has 0 radical (unpaired) electrons. The lowest BCUT2D eigenvalue weighted by atomic mass is 9.84. The molecule has 5 atom stereocenters. The van der Waals surface area contributed by atoms with Crippen LogP contribution in [0, 0.1) is 23.7 Å². The normalized spacial score (nSPS) is 34.5. The highest BCUT2D eigenvalue weighted by Gasteiger charge is 2.51. The summed E-state index contributed by atoms with van der Waals surface area (Å²) in [7, 11) is 0. The first kappa shape index (κ1) is 14.3. The van der Waals surface area contributed by atoms with E-state index in [1.807, 2.05) is 13.8 Å². The molecule has 19 heavy (non-hydrogen) atoms. The molecule has 4 N–H and O–H groups in total. The van der Waals surface area contributed by atoms with Crippen molar-refractivity contribution in [1.82, 2.24) is 5.32 Å². The van der Waals surface area contributed by atoms with Gasteiger partial charge in [-0.15, -0.1) is 0 Å². The number of nitrogens with one attached hydrogen (secondary N) is 1. The predicted octanol–water partition coefficient (Wildman–Crippen LogP) is 0.975. The number of nitrogens with two attached hydrogens (primary N) is 1. The molecule has 108 valence electrons. The van der Waals surface area contributed by atoms with Crippen molar-refractivity contribution in [2.45, 2.75) is 51.6 Å². The van der Waals surface area contributed by atoms with Crippen molar-refractivity contribution in [3.63, 3.8) is 0 Å². The number of carbonyl (C=O) groups is 2. The van der Waals surface area contributed by atoms with Crippen LogP contribution in [0.4, 0.5) is 0 Å². The lowest BCUT2D eigenvalue weighted by Gasteiger charge is -2.30. The zero-order valence-corrected chi connectivity index (χ0v) is 11.6. The lowest BCUT2D eigenvalue weighted by Crippen LogP contribution is -2.52. The zero-order chi connectivity index (χ0) is 14.2. The van der Waals surface area contributed by atoms with Crippen molar-refractivity contribution < 1.29 is 14.7 Å². The first-order valence-electron chi connectivity index (χ1n) is 7.19. The minimum Gasteiger partial charge on any atom is -0.481 e. The van der Waals surface area contributed by atoms with Gasteiger partial charge >= 0.3 is 5.97 Å². The fourth-order valence-electron chi connectivity index (χ4n) is 3.74. The van der Waals surface area contributed by atoms with Gasteiger partial charge in [-0.05, 0) is 43.4 Å². The maximum Gasteiger partial charge on any atom is 0.308 e. The van der Waals surface area contributed by atoms with Crippen LogP contribution in [0.2, 0.25) is 0 Å². The van der Waals surface area contributed by atoms with Crippen LogP contribution < -0.4 is 11.1 Å². The number of carboxylic acids is 1. The number of fused-ring (bicyclic) bond motifs is 2. The van der Waals surface area contributed by atoms with Crippen molar-refractivity contribution in [3.05, 3.63) is 0 Å². The number of carbonyl (C=O) groups excluding carboxylic acids is 1. The average molecular weight is 268 g/mol. The molecular formula is C14H24N2O3. The molecule has 2 bridgehead atoms. The molecule has 2 rings (SSSR count). The second kappa shape index (κ2) is 5.49. The minimum atomic E-state index is -0.782. The first-order valence-corrected chi connectivity index (χ1v) is 7.19. The van der Waals surface area contributed by atoms with Crippen molar-refractivity contribution in [2.24, 2.45) is 29.4 Å². The highest BCUT2D eigenvalue weighted by Crippen LogP contribution is 2.48. The van der Waals surface area contributed by atoms with E-state index in [1.54, 1.807) is 0 Å². The van der Waals surface area contributed by atoms with Crippen LogP contribution in [0.3, 0.4) is 0 Å². The second-order valence-electron chi connectivity index (χ2n) is 6.47. The monoisotopic (exact) mass is 268 g/mol. The summed E-state index contributed by atoms with van der Waals surface area (Å²) >= 11 is 0. The molecule has 5 heteroatoms. The van der Waals surface area contributed by atoms with Gasteiger partial charge in [0, 0.05) is 6.04 Å². The van der Waals surface area contributed by atoms with Crippen LogP contribution in [-0.4, -0.2) is 29.1 Å². The number of amides is 1. The zero-order valence-electron chi connectivity index (χ0n) is 11.6. The van der Waals surface area contributed by atoms with Gasteiger partial charge in [-0.1, -0.05) is 13.8 Å². The number of carboxylic acid groups (broad SMARTS) is 1. The minimum absolute atomic E-state index is 0.197. The summed E-state index contributed by atoms with van der Waals surface area (Å²) in [4.78, 5) is 23.4. The Hall–Kier alpha value is -1.10. The Balaban J connectivity index is 1.98. The van der Waals surface area contributed by atoms with Gasteiger partial charge in [-0.25, -0.2) is 0 Å². The summed E-state index contributed by atoms with van der Waals surface area (Å²) < 4.78 is 0. The highest BCUT2D eigenvalue weighted by molar-refractivity contribution is 5.83. The molecule has 1 amide bonds. The third-order valence-electron chi connectivity index (χ3n) is 4.57. The predicted molar refractivity (Wildman–Crippen MR) is 71.3 cm³/mol. The molecule has 4 unspecified atom stereocenters. The van der Waals surface area contributed by atoms with Gasteiger partial charge in [0.2, 0.25) is 5.91 Å². The number of rotatable bonds is 5. The Bertz CT molecular complexity index is 370. The summed E-state index contributed by atoms with van der Waals surface area (Å²) in [5, 5.41) is 12.2. The molecule has 5 nitrogen and oxygen atoms in total. The van der Waals surface area contributed by atoms with Gasteiger partial charge in [0.15, 0.2) is 0 Å². The van der Waals surface area contributed by atoms with E-state index in [0.29, 0.717) is 18.3 Å². The molecule has 2 fully saturated rings. The van der Waals surface area contributed by atoms with Crippen molar-refractivity contribution >= 4 is 11.9 Å². The molecule has 0 spiro atoms. The maximum absolute atomic E-state index is 12.0. The Morgan fingerprint density at radius 3 is 2.53 bits per heavy atom. The largest absolute Gasteiger partial charge is 0.481 e. The van der Waals surface area contributed by atoms with Gasteiger partial charge in [0.05, 0.1) is 12.0 Å². The maximum atomic E-state index is 12.0. The quantitative estimate of drug-likeness (QED) is 0.693. The Morgan fingerprint density at radius 1 is 1.32 bits per heavy atom. The van der Waals surface area contributed by atoms with Crippen LogP contribution in [0.5, 0.6) is 0 Å². The second-order valence-corrected chi connectivity index (χ2v) is 6.47. The van der Waals surface area contributed by atoms with E-state index in [2.05, 4.69) is 5.32 Å². The molecule has 0 aromatic heterocycles. The lowest BCUT2D eigenvalue weighted by molar-refractivity contribution is -0.144. The number of aliphatic carboxylic acids is 1. The van der Waals surface area contributed by atoms with E-state index >= 15 is 0 Å².